The number of hydrogen-bond acceptors (Lipinski definition) is 2. The zero-order valence-corrected chi connectivity index (χ0v) is 14.2. The predicted octanol–water partition coefficient (Wildman–Crippen LogP) is 4.48. The first-order valence-electron chi connectivity index (χ1n) is 8.03. The van der Waals surface area contributed by atoms with E-state index in [1.54, 1.807) is 0 Å². The van der Waals surface area contributed by atoms with Crippen LogP contribution in [0.3, 0.4) is 0 Å². The van der Waals surface area contributed by atoms with Crippen LogP contribution in [0, 0.1) is 0 Å². The lowest BCUT2D eigenvalue weighted by atomic mass is 9.86. The van der Waals surface area contributed by atoms with E-state index in [1.165, 1.54) is 0 Å². The number of rotatable bonds is 4. The summed E-state index contributed by atoms with van der Waals surface area (Å²) in [6.07, 6.45) is 1.88. The molecule has 0 aliphatic heterocycles. The van der Waals surface area contributed by atoms with Gasteiger partial charge in [0.25, 0.3) is 5.91 Å². The minimum absolute atomic E-state index is 0.0156. The molecule has 0 unspecified atom stereocenters. The standard InChI is InChI=1S/C20H22N2O2/c1-20(2,3)16-6-4-5-7-18(16)24-13-19(23)22-15-8-9-17-14(12-15)10-11-21-17/h4-12,21H,13H2,1-3H3,(H,22,23). The first kappa shape index (κ1) is 16.1. The van der Waals surface area contributed by atoms with E-state index in [0.29, 0.717) is 0 Å². The summed E-state index contributed by atoms with van der Waals surface area (Å²) in [5.41, 5.74) is 2.86. The molecule has 0 saturated carbocycles. The number of amides is 1. The summed E-state index contributed by atoms with van der Waals surface area (Å²) >= 11 is 0. The fourth-order valence-corrected chi connectivity index (χ4v) is 2.68. The van der Waals surface area contributed by atoms with Crippen LogP contribution in [0.1, 0.15) is 26.3 Å². The quantitative estimate of drug-likeness (QED) is 0.744. The Morgan fingerprint density at radius 3 is 2.71 bits per heavy atom. The van der Waals surface area contributed by atoms with Gasteiger partial charge in [-0.05, 0) is 41.3 Å². The molecule has 0 saturated heterocycles. The van der Waals surface area contributed by atoms with Crippen LogP contribution in [0.15, 0.2) is 54.7 Å². The number of H-pyrrole nitrogens is 1. The Bertz CT molecular complexity index is 859. The van der Waals surface area contributed by atoms with Gasteiger partial charge >= 0.3 is 0 Å². The molecule has 0 aliphatic carbocycles. The van der Waals surface area contributed by atoms with Crippen molar-refractivity contribution in [2.75, 3.05) is 11.9 Å². The Morgan fingerprint density at radius 1 is 1.12 bits per heavy atom. The number of nitrogens with one attached hydrogen (secondary N) is 2. The maximum atomic E-state index is 12.2. The largest absolute Gasteiger partial charge is 0.483 e. The van der Waals surface area contributed by atoms with E-state index >= 15 is 0 Å². The molecule has 1 amide bonds. The Labute approximate surface area is 141 Å². The maximum Gasteiger partial charge on any atom is 0.262 e. The lowest BCUT2D eigenvalue weighted by Crippen LogP contribution is -2.21. The zero-order chi connectivity index (χ0) is 17.2. The highest BCUT2D eigenvalue weighted by Gasteiger charge is 2.18. The van der Waals surface area contributed by atoms with Gasteiger partial charge in [-0.15, -0.1) is 0 Å². The van der Waals surface area contributed by atoms with Gasteiger partial charge in [0.2, 0.25) is 0 Å². The monoisotopic (exact) mass is 322 g/mol. The molecule has 4 heteroatoms. The molecule has 0 fully saturated rings. The summed E-state index contributed by atoms with van der Waals surface area (Å²) in [7, 11) is 0. The summed E-state index contributed by atoms with van der Waals surface area (Å²) in [4.78, 5) is 15.3. The van der Waals surface area contributed by atoms with Crippen molar-refractivity contribution in [2.24, 2.45) is 0 Å². The minimum Gasteiger partial charge on any atom is -0.483 e. The van der Waals surface area contributed by atoms with Crippen molar-refractivity contribution in [3.05, 3.63) is 60.3 Å². The smallest absolute Gasteiger partial charge is 0.262 e. The van der Waals surface area contributed by atoms with E-state index < -0.39 is 0 Å². The van der Waals surface area contributed by atoms with Crippen LogP contribution in [0.5, 0.6) is 5.75 Å². The predicted molar refractivity (Wildman–Crippen MR) is 97.6 cm³/mol. The number of fused-ring (bicyclic) bond motifs is 1. The second-order valence-corrected chi connectivity index (χ2v) is 6.86. The van der Waals surface area contributed by atoms with Gasteiger partial charge < -0.3 is 15.0 Å². The molecule has 3 rings (SSSR count). The van der Waals surface area contributed by atoms with Gasteiger partial charge in [0, 0.05) is 22.8 Å². The average Bonchev–Trinajstić information content (AvgIpc) is 3.00. The van der Waals surface area contributed by atoms with Crippen molar-refractivity contribution in [1.29, 1.82) is 0 Å². The number of carbonyl (C=O) groups excluding carboxylic acids is 1. The van der Waals surface area contributed by atoms with Gasteiger partial charge in [0.05, 0.1) is 0 Å². The topological polar surface area (TPSA) is 54.1 Å². The molecule has 0 aliphatic rings. The Hall–Kier alpha value is -2.75. The van der Waals surface area contributed by atoms with Gasteiger partial charge in [-0.2, -0.15) is 0 Å². The minimum atomic E-state index is -0.173. The fraction of sp³-hybridized carbons (Fsp3) is 0.250. The van der Waals surface area contributed by atoms with Crippen molar-refractivity contribution >= 4 is 22.5 Å². The number of ether oxygens (including phenoxy) is 1. The molecular formula is C20H22N2O2. The molecule has 0 spiro atoms. The fourth-order valence-electron chi connectivity index (χ4n) is 2.68. The molecule has 24 heavy (non-hydrogen) atoms. The van der Waals surface area contributed by atoms with Crippen LogP contribution >= 0.6 is 0 Å². The van der Waals surface area contributed by atoms with E-state index in [-0.39, 0.29) is 17.9 Å². The lowest BCUT2D eigenvalue weighted by Gasteiger charge is -2.22. The van der Waals surface area contributed by atoms with Gasteiger partial charge in [-0.1, -0.05) is 39.0 Å². The third-order valence-electron chi connectivity index (χ3n) is 3.89. The van der Waals surface area contributed by atoms with Crippen LogP contribution in [0.4, 0.5) is 5.69 Å². The summed E-state index contributed by atoms with van der Waals surface area (Å²) in [6.45, 7) is 6.36. The van der Waals surface area contributed by atoms with Crippen molar-refractivity contribution < 1.29 is 9.53 Å². The molecule has 0 atom stereocenters. The highest BCUT2D eigenvalue weighted by atomic mass is 16.5. The molecule has 0 bridgehead atoms. The van der Waals surface area contributed by atoms with E-state index in [9.17, 15) is 4.79 Å². The van der Waals surface area contributed by atoms with Crippen LogP contribution in [-0.2, 0) is 10.2 Å². The van der Waals surface area contributed by atoms with Crippen LogP contribution < -0.4 is 10.1 Å². The molecule has 1 aromatic heterocycles. The number of aromatic nitrogens is 1. The van der Waals surface area contributed by atoms with Gasteiger partial charge in [-0.3, -0.25) is 4.79 Å². The maximum absolute atomic E-state index is 12.2. The van der Waals surface area contributed by atoms with E-state index in [0.717, 1.165) is 27.9 Å². The number of hydrogen-bond donors (Lipinski definition) is 2. The van der Waals surface area contributed by atoms with Crippen LogP contribution in [0.25, 0.3) is 10.9 Å². The Morgan fingerprint density at radius 2 is 1.92 bits per heavy atom. The van der Waals surface area contributed by atoms with Crippen LogP contribution in [0.2, 0.25) is 0 Å². The Kier molecular flexibility index (Phi) is 4.30. The second kappa shape index (κ2) is 6.40. The molecule has 2 aromatic carbocycles. The van der Waals surface area contributed by atoms with Gasteiger partial charge in [0.1, 0.15) is 5.75 Å². The number of aromatic amines is 1. The number of para-hydroxylation sites is 1. The molecule has 3 aromatic rings. The summed E-state index contributed by atoms with van der Waals surface area (Å²) in [5, 5.41) is 3.94. The third-order valence-corrected chi connectivity index (χ3v) is 3.89. The molecule has 1 heterocycles. The van der Waals surface area contributed by atoms with Gasteiger partial charge in [-0.25, -0.2) is 0 Å². The second-order valence-electron chi connectivity index (χ2n) is 6.86. The van der Waals surface area contributed by atoms with Gasteiger partial charge in [0.15, 0.2) is 6.61 Å². The molecule has 0 radical (unpaired) electrons. The van der Waals surface area contributed by atoms with E-state index in [4.69, 9.17) is 4.74 Å². The van der Waals surface area contributed by atoms with E-state index in [1.807, 2.05) is 54.7 Å². The molecule has 124 valence electrons. The lowest BCUT2D eigenvalue weighted by molar-refractivity contribution is -0.118. The van der Waals surface area contributed by atoms with Crippen molar-refractivity contribution in [1.82, 2.24) is 4.98 Å². The normalized spacial score (nSPS) is 11.5. The summed E-state index contributed by atoms with van der Waals surface area (Å²) in [6, 6.07) is 15.6. The molecule has 4 nitrogen and oxygen atoms in total. The van der Waals surface area contributed by atoms with Crippen molar-refractivity contribution in [3.8, 4) is 5.75 Å². The van der Waals surface area contributed by atoms with Crippen molar-refractivity contribution in [2.45, 2.75) is 26.2 Å². The Balaban J connectivity index is 1.66. The number of carbonyl (C=O) groups is 1. The molecular weight excluding hydrogens is 300 g/mol. The number of anilines is 1. The van der Waals surface area contributed by atoms with Crippen LogP contribution in [-0.4, -0.2) is 17.5 Å². The number of benzene rings is 2. The highest BCUT2D eigenvalue weighted by Crippen LogP contribution is 2.30. The van der Waals surface area contributed by atoms with E-state index in [2.05, 4.69) is 31.1 Å². The first-order valence-corrected chi connectivity index (χ1v) is 8.03. The highest BCUT2D eigenvalue weighted by molar-refractivity contribution is 5.94. The van der Waals surface area contributed by atoms with Crippen molar-refractivity contribution in [3.63, 3.8) is 0 Å². The summed E-state index contributed by atoms with van der Waals surface area (Å²) in [5.74, 6) is 0.579. The summed E-state index contributed by atoms with van der Waals surface area (Å²) < 4.78 is 5.75. The molecule has 2 N–H and O–H groups in total. The average molecular weight is 322 g/mol. The third kappa shape index (κ3) is 3.59. The SMILES string of the molecule is CC(C)(C)c1ccccc1OCC(=O)Nc1ccc2[nH]ccc2c1. The first-order chi connectivity index (χ1) is 11.4. The zero-order valence-electron chi connectivity index (χ0n) is 14.2.